The summed E-state index contributed by atoms with van der Waals surface area (Å²) in [6.45, 7) is 2.28. The quantitative estimate of drug-likeness (QED) is 0.758. The summed E-state index contributed by atoms with van der Waals surface area (Å²) in [4.78, 5) is 12.0. The Bertz CT molecular complexity index is 279. The molecule has 3 nitrogen and oxygen atoms in total. The van der Waals surface area contributed by atoms with Crippen LogP contribution in [0.4, 0.5) is 0 Å². The van der Waals surface area contributed by atoms with Crippen LogP contribution in [0.1, 0.15) is 51.4 Å². The van der Waals surface area contributed by atoms with Crippen LogP contribution in [-0.4, -0.2) is 25.0 Å². The molecular formula is C15H26N2O. The summed E-state index contributed by atoms with van der Waals surface area (Å²) in [5.74, 6) is 2.73. The topological polar surface area (TPSA) is 41.1 Å². The minimum Gasteiger partial charge on any atom is -0.353 e. The average molecular weight is 250 g/mol. The van der Waals surface area contributed by atoms with Crippen LogP contribution in [-0.2, 0) is 4.79 Å². The molecule has 1 saturated heterocycles. The standard InChI is InChI=1S/C15H26N2O/c18-14(6-1-11-7-9-16-10-8-11)17-15(12-2-3-12)13-4-5-13/h11-13,15-16H,1-10H2,(H,17,18). The van der Waals surface area contributed by atoms with Crippen molar-refractivity contribution in [2.75, 3.05) is 13.1 Å². The molecule has 2 saturated carbocycles. The molecule has 0 aromatic carbocycles. The van der Waals surface area contributed by atoms with Gasteiger partial charge < -0.3 is 10.6 Å². The van der Waals surface area contributed by atoms with Crippen LogP contribution in [0.15, 0.2) is 0 Å². The summed E-state index contributed by atoms with van der Waals surface area (Å²) in [6, 6.07) is 0.533. The third-order valence-corrected chi connectivity index (χ3v) is 4.83. The third kappa shape index (κ3) is 3.47. The summed E-state index contributed by atoms with van der Waals surface area (Å²) >= 11 is 0. The van der Waals surface area contributed by atoms with Crippen LogP contribution < -0.4 is 10.6 Å². The third-order valence-electron chi connectivity index (χ3n) is 4.83. The number of piperidine rings is 1. The van der Waals surface area contributed by atoms with Gasteiger partial charge in [-0.2, -0.15) is 0 Å². The van der Waals surface area contributed by atoms with Crippen LogP contribution in [0.25, 0.3) is 0 Å². The van der Waals surface area contributed by atoms with Gasteiger partial charge in [-0.05, 0) is 75.8 Å². The van der Waals surface area contributed by atoms with Gasteiger partial charge in [0.1, 0.15) is 0 Å². The van der Waals surface area contributed by atoms with Crippen LogP contribution in [0, 0.1) is 17.8 Å². The van der Waals surface area contributed by atoms with Crippen molar-refractivity contribution < 1.29 is 4.79 Å². The number of carbonyl (C=O) groups is 1. The van der Waals surface area contributed by atoms with Gasteiger partial charge in [-0.1, -0.05) is 0 Å². The lowest BCUT2D eigenvalue weighted by atomic mass is 9.93. The van der Waals surface area contributed by atoms with Crippen molar-refractivity contribution in [2.24, 2.45) is 17.8 Å². The fourth-order valence-electron chi connectivity index (χ4n) is 3.29. The zero-order valence-electron chi connectivity index (χ0n) is 11.3. The fraction of sp³-hybridized carbons (Fsp3) is 0.933. The van der Waals surface area contributed by atoms with Crippen molar-refractivity contribution >= 4 is 5.91 Å². The molecule has 3 aliphatic rings. The molecule has 0 radical (unpaired) electrons. The van der Waals surface area contributed by atoms with E-state index in [2.05, 4.69) is 10.6 Å². The smallest absolute Gasteiger partial charge is 0.220 e. The minimum atomic E-state index is 0.317. The van der Waals surface area contributed by atoms with Crippen molar-refractivity contribution in [3.05, 3.63) is 0 Å². The Kier molecular flexibility index (Phi) is 3.88. The molecule has 3 rings (SSSR count). The molecule has 2 N–H and O–H groups in total. The van der Waals surface area contributed by atoms with Gasteiger partial charge in [0.25, 0.3) is 0 Å². The second-order valence-electron chi connectivity index (χ2n) is 6.50. The summed E-state index contributed by atoms with van der Waals surface area (Å²) in [5, 5.41) is 6.71. The summed E-state index contributed by atoms with van der Waals surface area (Å²) in [5.41, 5.74) is 0. The maximum Gasteiger partial charge on any atom is 0.220 e. The first-order valence-electron chi connectivity index (χ1n) is 7.83. The summed E-state index contributed by atoms with van der Waals surface area (Å²) in [6.07, 6.45) is 9.72. The fourth-order valence-corrected chi connectivity index (χ4v) is 3.29. The van der Waals surface area contributed by atoms with E-state index in [1.807, 2.05) is 0 Å². The van der Waals surface area contributed by atoms with E-state index in [9.17, 15) is 4.79 Å². The SMILES string of the molecule is O=C(CCC1CCNCC1)NC(C1CC1)C1CC1. The van der Waals surface area contributed by atoms with E-state index in [0.717, 1.165) is 43.7 Å². The Morgan fingerprint density at radius 2 is 1.67 bits per heavy atom. The van der Waals surface area contributed by atoms with Crippen molar-refractivity contribution in [3.8, 4) is 0 Å². The number of carbonyl (C=O) groups excluding carboxylic acids is 1. The largest absolute Gasteiger partial charge is 0.353 e. The van der Waals surface area contributed by atoms with Gasteiger partial charge in [0.2, 0.25) is 5.91 Å². The van der Waals surface area contributed by atoms with Gasteiger partial charge in [-0.15, -0.1) is 0 Å². The highest BCUT2D eigenvalue weighted by atomic mass is 16.1. The van der Waals surface area contributed by atoms with Gasteiger partial charge >= 0.3 is 0 Å². The van der Waals surface area contributed by atoms with Crippen molar-refractivity contribution in [2.45, 2.75) is 57.4 Å². The molecule has 3 heteroatoms. The lowest BCUT2D eigenvalue weighted by molar-refractivity contribution is -0.122. The molecule has 2 aliphatic carbocycles. The molecule has 0 atom stereocenters. The molecule has 0 aromatic heterocycles. The predicted molar refractivity (Wildman–Crippen MR) is 72.2 cm³/mol. The lowest BCUT2D eigenvalue weighted by Crippen LogP contribution is -2.38. The van der Waals surface area contributed by atoms with Crippen LogP contribution in [0.2, 0.25) is 0 Å². The van der Waals surface area contributed by atoms with E-state index in [1.54, 1.807) is 0 Å². The Balaban J connectivity index is 1.37. The molecular weight excluding hydrogens is 224 g/mol. The average Bonchev–Trinajstić information content (AvgIpc) is 3.28. The number of nitrogens with one attached hydrogen (secondary N) is 2. The molecule has 0 spiro atoms. The molecule has 102 valence electrons. The van der Waals surface area contributed by atoms with E-state index < -0.39 is 0 Å². The number of hydrogen-bond acceptors (Lipinski definition) is 2. The molecule has 3 fully saturated rings. The van der Waals surface area contributed by atoms with E-state index in [1.165, 1.54) is 38.5 Å². The number of amides is 1. The molecule has 1 amide bonds. The van der Waals surface area contributed by atoms with Gasteiger partial charge in [0, 0.05) is 12.5 Å². The van der Waals surface area contributed by atoms with Crippen LogP contribution >= 0.6 is 0 Å². The molecule has 1 aliphatic heterocycles. The molecule has 0 unspecified atom stereocenters. The van der Waals surface area contributed by atoms with Crippen molar-refractivity contribution in [1.29, 1.82) is 0 Å². The van der Waals surface area contributed by atoms with Gasteiger partial charge in [-0.3, -0.25) is 4.79 Å². The highest BCUT2D eigenvalue weighted by Gasteiger charge is 2.42. The lowest BCUT2D eigenvalue weighted by Gasteiger charge is -2.23. The van der Waals surface area contributed by atoms with Crippen LogP contribution in [0.5, 0.6) is 0 Å². The first-order chi connectivity index (χ1) is 8.83. The highest BCUT2D eigenvalue weighted by Crippen LogP contribution is 2.44. The Morgan fingerprint density at radius 1 is 1.06 bits per heavy atom. The van der Waals surface area contributed by atoms with E-state index in [-0.39, 0.29) is 0 Å². The number of rotatable bonds is 6. The van der Waals surface area contributed by atoms with Gasteiger partial charge in [-0.25, -0.2) is 0 Å². The number of hydrogen-bond donors (Lipinski definition) is 2. The normalized spacial score (nSPS) is 25.4. The maximum atomic E-state index is 12.0. The monoisotopic (exact) mass is 250 g/mol. The first-order valence-corrected chi connectivity index (χ1v) is 7.83. The highest BCUT2D eigenvalue weighted by molar-refractivity contribution is 5.76. The first kappa shape index (κ1) is 12.5. The van der Waals surface area contributed by atoms with Gasteiger partial charge in [0.15, 0.2) is 0 Å². The van der Waals surface area contributed by atoms with Crippen LogP contribution in [0.3, 0.4) is 0 Å². The second kappa shape index (κ2) is 5.60. The maximum absolute atomic E-state index is 12.0. The summed E-state index contributed by atoms with van der Waals surface area (Å²) < 4.78 is 0. The molecule has 1 heterocycles. The minimum absolute atomic E-state index is 0.317. The predicted octanol–water partition coefficient (Wildman–Crippen LogP) is 2.07. The molecule has 0 bridgehead atoms. The summed E-state index contributed by atoms with van der Waals surface area (Å²) in [7, 11) is 0. The Morgan fingerprint density at radius 3 is 2.22 bits per heavy atom. The second-order valence-corrected chi connectivity index (χ2v) is 6.50. The molecule has 0 aromatic rings. The van der Waals surface area contributed by atoms with E-state index >= 15 is 0 Å². The van der Waals surface area contributed by atoms with Crippen molar-refractivity contribution in [3.63, 3.8) is 0 Å². The zero-order chi connectivity index (χ0) is 12.4. The zero-order valence-corrected chi connectivity index (χ0v) is 11.3. The van der Waals surface area contributed by atoms with Crippen molar-refractivity contribution in [1.82, 2.24) is 10.6 Å². The molecule has 18 heavy (non-hydrogen) atoms. The Hall–Kier alpha value is -0.570. The van der Waals surface area contributed by atoms with E-state index in [0.29, 0.717) is 11.9 Å². The van der Waals surface area contributed by atoms with Gasteiger partial charge in [0.05, 0.1) is 0 Å². The Labute approximate surface area is 110 Å². The van der Waals surface area contributed by atoms with E-state index in [4.69, 9.17) is 0 Å².